The molecule has 6 nitrogen and oxygen atoms in total. The third-order valence-corrected chi connectivity index (χ3v) is 2.79. The van der Waals surface area contributed by atoms with Gasteiger partial charge in [-0.05, 0) is 18.2 Å². The molecule has 0 saturated heterocycles. The van der Waals surface area contributed by atoms with Gasteiger partial charge in [-0.3, -0.25) is 9.59 Å². The Morgan fingerprint density at radius 1 is 1.35 bits per heavy atom. The van der Waals surface area contributed by atoms with Crippen molar-refractivity contribution in [1.82, 2.24) is 10.6 Å². The first-order valence-electron chi connectivity index (χ1n) is 5.63. The molecule has 0 bridgehead atoms. The maximum Gasteiger partial charge on any atom is 0.253 e. The van der Waals surface area contributed by atoms with Gasteiger partial charge in [-0.2, -0.15) is 0 Å². The molecule has 0 fully saturated rings. The first-order chi connectivity index (χ1) is 9.04. The van der Waals surface area contributed by atoms with Crippen molar-refractivity contribution in [3.8, 4) is 0 Å². The number of ether oxygens (including phenoxy) is 1. The van der Waals surface area contributed by atoms with Crippen molar-refractivity contribution in [3.05, 3.63) is 28.2 Å². The van der Waals surface area contributed by atoms with E-state index in [1.165, 1.54) is 0 Å². The SMILES string of the molecule is COCCNC(=O)CNC(=O)c1ccc(Br)cc1N.Cl. The predicted molar refractivity (Wildman–Crippen MR) is 83.0 cm³/mol. The van der Waals surface area contributed by atoms with Crippen molar-refractivity contribution in [1.29, 1.82) is 0 Å². The molecule has 0 aromatic heterocycles. The number of halogens is 2. The fraction of sp³-hybridized carbons (Fsp3) is 0.333. The number of nitrogens with two attached hydrogens (primary N) is 1. The van der Waals surface area contributed by atoms with Crippen molar-refractivity contribution in [2.24, 2.45) is 0 Å². The lowest BCUT2D eigenvalue weighted by molar-refractivity contribution is -0.120. The molecule has 4 N–H and O–H groups in total. The largest absolute Gasteiger partial charge is 0.398 e. The molecule has 112 valence electrons. The highest BCUT2D eigenvalue weighted by atomic mass is 79.9. The molecule has 0 saturated carbocycles. The Morgan fingerprint density at radius 3 is 2.65 bits per heavy atom. The molecule has 1 aromatic carbocycles. The Balaban J connectivity index is 0.00000361. The van der Waals surface area contributed by atoms with Crippen molar-refractivity contribution in [2.45, 2.75) is 0 Å². The summed E-state index contributed by atoms with van der Waals surface area (Å²) in [5, 5.41) is 5.10. The predicted octanol–water partition coefficient (Wildman–Crippen LogP) is 0.946. The lowest BCUT2D eigenvalue weighted by Crippen LogP contribution is -2.38. The van der Waals surface area contributed by atoms with Gasteiger partial charge < -0.3 is 21.1 Å². The van der Waals surface area contributed by atoms with Gasteiger partial charge in [0.05, 0.1) is 18.7 Å². The molecular weight excluding hydrogens is 350 g/mol. The minimum Gasteiger partial charge on any atom is -0.398 e. The zero-order valence-electron chi connectivity index (χ0n) is 10.9. The molecule has 1 rings (SSSR count). The highest BCUT2D eigenvalue weighted by Gasteiger charge is 2.11. The fourth-order valence-electron chi connectivity index (χ4n) is 1.35. The van der Waals surface area contributed by atoms with Gasteiger partial charge >= 0.3 is 0 Å². The second kappa shape index (κ2) is 9.57. The van der Waals surface area contributed by atoms with Crippen molar-refractivity contribution in [2.75, 3.05) is 32.5 Å². The van der Waals surface area contributed by atoms with E-state index >= 15 is 0 Å². The second-order valence-corrected chi connectivity index (χ2v) is 4.67. The lowest BCUT2D eigenvalue weighted by atomic mass is 10.1. The van der Waals surface area contributed by atoms with Crippen LogP contribution in [0.5, 0.6) is 0 Å². The average molecular weight is 367 g/mol. The van der Waals surface area contributed by atoms with Gasteiger partial charge in [0.1, 0.15) is 0 Å². The van der Waals surface area contributed by atoms with E-state index in [0.29, 0.717) is 24.4 Å². The van der Waals surface area contributed by atoms with Gasteiger partial charge in [-0.1, -0.05) is 15.9 Å². The van der Waals surface area contributed by atoms with Crippen LogP contribution in [0.2, 0.25) is 0 Å². The first-order valence-corrected chi connectivity index (χ1v) is 6.42. The number of nitrogen functional groups attached to an aromatic ring is 1. The maximum atomic E-state index is 11.8. The molecule has 0 aliphatic heterocycles. The maximum absolute atomic E-state index is 11.8. The van der Waals surface area contributed by atoms with E-state index in [1.54, 1.807) is 25.3 Å². The zero-order valence-corrected chi connectivity index (χ0v) is 13.3. The second-order valence-electron chi connectivity index (χ2n) is 3.76. The summed E-state index contributed by atoms with van der Waals surface area (Å²) in [6, 6.07) is 4.94. The van der Waals surface area contributed by atoms with Crippen molar-refractivity contribution >= 4 is 45.8 Å². The van der Waals surface area contributed by atoms with E-state index in [2.05, 4.69) is 26.6 Å². The summed E-state index contributed by atoms with van der Waals surface area (Å²) < 4.78 is 5.58. The lowest BCUT2D eigenvalue weighted by Gasteiger charge is -2.08. The number of carbonyl (C=O) groups excluding carboxylic acids is 2. The van der Waals surface area contributed by atoms with Crippen LogP contribution in [-0.2, 0) is 9.53 Å². The van der Waals surface area contributed by atoms with E-state index in [1.807, 2.05) is 0 Å². The molecule has 20 heavy (non-hydrogen) atoms. The number of benzene rings is 1. The Morgan fingerprint density at radius 2 is 2.05 bits per heavy atom. The van der Waals surface area contributed by atoms with Crippen molar-refractivity contribution < 1.29 is 14.3 Å². The monoisotopic (exact) mass is 365 g/mol. The number of amides is 2. The quantitative estimate of drug-likeness (QED) is 0.516. The Bertz CT molecular complexity index is 471. The standard InChI is InChI=1S/C12H16BrN3O3.ClH/c1-19-5-4-15-11(17)7-16-12(18)9-3-2-8(13)6-10(9)14;/h2-3,6H,4-5,7,14H2,1H3,(H,15,17)(H,16,18);1H. The summed E-state index contributed by atoms with van der Waals surface area (Å²) >= 11 is 3.26. The van der Waals surface area contributed by atoms with E-state index < -0.39 is 0 Å². The van der Waals surface area contributed by atoms with Crippen LogP contribution in [0.3, 0.4) is 0 Å². The Hall–Kier alpha value is -1.31. The van der Waals surface area contributed by atoms with E-state index in [-0.39, 0.29) is 30.8 Å². The van der Waals surface area contributed by atoms with Gasteiger partial charge in [0.25, 0.3) is 5.91 Å². The number of rotatable bonds is 6. The van der Waals surface area contributed by atoms with Crippen LogP contribution in [-0.4, -0.2) is 38.6 Å². The molecule has 0 unspecified atom stereocenters. The van der Waals surface area contributed by atoms with Crippen LogP contribution < -0.4 is 16.4 Å². The molecule has 8 heteroatoms. The van der Waals surface area contributed by atoms with Crippen LogP contribution >= 0.6 is 28.3 Å². The van der Waals surface area contributed by atoms with E-state index in [4.69, 9.17) is 10.5 Å². The van der Waals surface area contributed by atoms with Crippen LogP contribution in [0, 0.1) is 0 Å². The smallest absolute Gasteiger partial charge is 0.253 e. The summed E-state index contributed by atoms with van der Waals surface area (Å²) in [4.78, 5) is 23.2. The minimum atomic E-state index is -0.383. The van der Waals surface area contributed by atoms with Crippen LogP contribution in [0.15, 0.2) is 22.7 Å². The van der Waals surface area contributed by atoms with Gasteiger partial charge in [-0.25, -0.2) is 0 Å². The van der Waals surface area contributed by atoms with Gasteiger partial charge in [0.2, 0.25) is 5.91 Å². The zero-order chi connectivity index (χ0) is 14.3. The number of hydrogen-bond donors (Lipinski definition) is 3. The number of carbonyl (C=O) groups is 2. The van der Waals surface area contributed by atoms with Crippen LogP contribution in [0.1, 0.15) is 10.4 Å². The molecule has 0 aliphatic carbocycles. The summed E-state index contributed by atoms with van der Waals surface area (Å²) in [5.41, 5.74) is 6.41. The van der Waals surface area contributed by atoms with Gasteiger partial charge in [0, 0.05) is 23.8 Å². The average Bonchev–Trinajstić information content (AvgIpc) is 2.36. The molecule has 0 atom stereocenters. The molecule has 0 radical (unpaired) electrons. The highest BCUT2D eigenvalue weighted by molar-refractivity contribution is 9.10. The van der Waals surface area contributed by atoms with Crippen molar-refractivity contribution in [3.63, 3.8) is 0 Å². The molecule has 0 aliphatic rings. The first kappa shape index (κ1) is 18.7. The normalized spacial score (nSPS) is 9.50. The number of nitrogens with one attached hydrogen (secondary N) is 2. The highest BCUT2D eigenvalue weighted by Crippen LogP contribution is 2.18. The van der Waals surface area contributed by atoms with Crippen LogP contribution in [0.4, 0.5) is 5.69 Å². The van der Waals surface area contributed by atoms with E-state index in [9.17, 15) is 9.59 Å². The van der Waals surface area contributed by atoms with E-state index in [0.717, 1.165) is 4.47 Å². The summed E-state index contributed by atoms with van der Waals surface area (Å²) in [6.07, 6.45) is 0. The molecule has 2 amide bonds. The molecule has 1 aromatic rings. The summed E-state index contributed by atoms with van der Waals surface area (Å²) in [6.45, 7) is 0.739. The fourth-order valence-corrected chi connectivity index (χ4v) is 1.73. The summed E-state index contributed by atoms with van der Waals surface area (Å²) in [5.74, 6) is -0.659. The molecule has 0 heterocycles. The Kier molecular flexibility index (Phi) is 8.94. The molecular formula is C12H17BrClN3O3. The van der Waals surface area contributed by atoms with Gasteiger partial charge in [0.15, 0.2) is 0 Å². The number of hydrogen-bond acceptors (Lipinski definition) is 4. The third-order valence-electron chi connectivity index (χ3n) is 2.30. The Labute approximate surface area is 132 Å². The van der Waals surface area contributed by atoms with Crippen LogP contribution in [0.25, 0.3) is 0 Å². The molecule has 0 spiro atoms. The minimum absolute atomic E-state index is 0. The topological polar surface area (TPSA) is 93.5 Å². The number of methoxy groups -OCH3 is 1. The van der Waals surface area contributed by atoms with Gasteiger partial charge in [-0.15, -0.1) is 12.4 Å². The summed E-state index contributed by atoms with van der Waals surface area (Å²) in [7, 11) is 1.55. The number of anilines is 1. The third kappa shape index (κ3) is 6.23.